The maximum atomic E-state index is 10.7. The third kappa shape index (κ3) is 2.64. The third-order valence-electron chi connectivity index (χ3n) is 3.20. The molecular formula is C13H18N2O2. The number of nitrogens with zero attached hydrogens (tertiary/aromatic N) is 2. The van der Waals surface area contributed by atoms with E-state index >= 15 is 0 Å². The number of carbonyl (C=O) groups is 1. The van der Waals surface area contributed by atoms with E-state index in [0.717, 1.165) is 43.8 Å². The molecule has 1 fully saturated rings. The lowest BCUT2D eigenvalue weighted by Gasteiger charge is -2.19. The fraction of sp³-hybridized carbons (Fsp3) is 0.538. The largest absolute Gasteiger partial charge is 0.384 e. The number of methoxy groups -OCH3 is 1. The number of pyridine rings is 1. The van der Waals surface area contributed by atoms with E-state index in [1.807, 2.05) is 13.0 Å². The smallest absolute Gasteiger partial charge is 0.151 e. The number of hydrogen-bond acceptors (Lipinski definition) is 4. The molecule has 1 unspecified atom stereocenters. The van der Waals surface area contributed by atoms with Crippen LogP contribution >= 0.6 is 0 Å². The normalized spacial score (nSPS) is 19.6. The SMILES string of the molecule is COCC1CCN(c2ncc(C=O)cc2C)C1. The summed E-state index contributed by atoms with van der Waals surface area (Å²) in [6.45, 7) is 4.81. The molecule has 0 spiro atoms. The highest BCUT2D eigenvalue weighted by molar-refractivity contribution is 5.75. The van der Waals surface area contributed by atoms with Crippen LogP contribution in [-0.4, -0.2) is 38.1 Å². The van der Waals surface area contributed by atoms with E-state index in [2.05, 4.69) is 9.88 Å². The van der Waals surface area contributed by atoms with Crippen LogP contribution < -0.4 is 4.90 Å². The van der Waals surface area contributed by atoms with Crippen LogP contribution in [0, 0.1) is 12.8 Å². The van der Waals surface area contributed by atoms with Crippen molar-refractivity contribution in [2.45, 2.75) is 13.3 Å². The zero-order valence-corrected chi connectivity index (χ0v) is 10.3. The number of carbonyl (C=O) groups excluding carboxylic acids is 1. The highest BCUT2D eigenvalue weighted by Gasteiger charge is 2.24. The molecule has 1 aromatic heterocycles. The predicted octanol–water partition coefficient (Wildman–Crippen LogP) is 1.68. The molecule has 0 saturated carbocycles. The van der Waals surface area contributed by atoms with Gasteiger partial charge in [-0.2, -0.15) is 0 Å². The van der Waals surface area contributed by atoms with Crippen molar-refractivity contribution in [3.05, 3.63) is 23.4 Å². The molecule has 4 heteroatoms. The van der Waals surface area contributed by atoms with E-state index in [-0.39, 0.29) is 0 Å². The lowest BCUT2D eigenvalue weighted by Crippen LogP contribution is -2.23. The van der Waals surface area contributed by atoms with Crippen LogP contribution in [0.4, 0.5) is 5.82 Å². The van der Waals surface area contributed by atoms with Crippen LogP contribution in [0.1, 0.15) is 22.3 Å². The molecule has 0 N–H and O–H groups in total. The van der Waals surface area contributed by atoms with Crippen LogP contribution in [0.5, 0.6) is 0 Å². The predicted molar refractivity (Wildman–Crippen MR) is 66.6 cm³/mol. The summed E-state index contributed by atoms with van der Waals surface area (Å²) in [6.07, 6.45) is 3.62. The second kappa shape index (κ2) is 5.27. The molecule has 1 aromatic rings. The minimum absolute atomic E-state index is 0.590. The Labute approximate surface area is 102 Å². The first-order valence-electron chi connectivity index (χ1n) is 5.90. The van der Waals surface area contributed by atoms with Gasteiger partial charge in [0.2, 0.25) is 0 Å². The first-order valence-corrected chi connectivity index (χ1v) is 5.90. The Morgan fingerprint density at radius 2 is 2.47 bits per heavy atom. The van der Waals surface area contributed by atoms with Crippen molar-refractivity contribution in [2.75, 3.05) is 31.7 Å². The third-order valence-corrected chi connectivity index (χ3v) is 3.20. The van der Waals surface area contributed by atoms with Crippen molar-refractivity contribution < 1.29 is 9.53 Å². The molecule has 1 aliphatic heterocycles. The molecule has 2 heterocycles. The van der Waals surface area contributed by atoms with Gasteiger partial charge in [-0.25, -0.2) is 4.98 Å². The molecular weight excluding hydrogens is 216 g/mol. The van der Waals surface area contributed by atoms with E-state index in [1.54, 1.807) is 13.3 Å². The monoisotopic (exact) mass is 234 g/mol. The molecule has 17 heavy (non-hydrogen) atoms. The first kappa shape index (κ1) is 12.0. The van der Waals surface area contributed by atoms with Crippen LogP contribution in [0.15, 0.2) is 12.3 Å². The Morgan fingerprint density at radius 3 is 3.12 bits per heavy atom. The van der Waals surface area contributed by atoms with Crippen LogP contribution in [0.25, 0.3) is 0 Å². The minimum Gasteiger partial charge on any atom is -0.384 e. The average Bonchev–Trinajstić information content (AvgIpc) is 2.78. The van der Waals surface area contributed by atoms with Gasteiger partial charge in [-0.15, -0.1) is 0 Å². The Kier molecular flexibility index (Phi) is 3.74. The highest BCUT2D eigenvalue weighted by atomic mass is 16.5. The minimum atomic E-state index is 0.590. The average molecular weight is 234 g/mol. The molecule has 1 saturated heterocycles. The summed E-state index contributed by atoms with van der Waals surface area (Å²) in [5.74, 6) is 1.58. The topological polar surface area (TPSA) is 42.4 Å². The van der Waals surface area contributed by atoms with Crippen molar-refractivity contribution in [1.29, 1.82) is 0 Å². The van der Waals surface area contributed by atoms with Crippen LogP contribution in [0.3, 0.4) is 0 Å². The maximum absolute atomic E-state index is 10.7. The van der Waals surface area contributed by atoms with E-state index in [4.69, 9.17) is 4.74 Å². The molecule has 0 bridgehead atoms. The quantitative estimate of drug-likeness (QED) is 0.743. The van der Waals surface area contributed by atoms with Crippen molar-refractivity contribution in [2.24, 2.45) is 5.92 Å². The van der Waals surface area contributed by atoms with Crippen molar-refractivity contribution >= 4 is 12.1 Å². The molecule has 4 nitrogen and oxygen atoms in total. The summed E-state index contributed by atoms with van der Waals surface area (Å²) in [5, 5.41) is 0. The number of hydrogen-bond donors (Lipinski definition) is 0. The molecule has 2 rings (SSSR count). The van der Waals surface area contributed by atoms with E-state index in [1.165, 1.54) is 0 Å². The zero-order chi connectivity index (χ0) is 12.3. The van der Waals surface area contributed by atoms with Gasteiger partial charge in [-0.3, -0.25) is 4.79 Å². The van der Waals surface area contributed by atoms with Gasteiger partial charge in [0.05, 0.1) is 6.61 Å². The van der Waals surface area contributed by atoms with Crippen molar-refractivity contribution in [3.8, 4) is 0 Å². The lowest BCUT2D eigenvalue weighted by atomic mass is 10.1. The number of aromatic nitrogens is 1. The molecule has 0 aromatic carbocycles. The van der Waals surface area contributed by atoms with Gasteiger partial charge in [0.15, 0.2) is 6.29 Å². The zero-order valence-electron chi connectivity index (χ0n) is 10.3. The summed E-state index contributed by atoms with van der Waals surface area (Å²) in [4.78, 5) is 17.3. The molecule has 1 atom stereocenters. The van der Waals surface area contributed by atoms with Gasteiger partial charge in [-0.05, 0) is 25.0 Å². The van der Waals surface area contributed by atoms with Crippen molar-refractivity contribution in [3.63, 3.8) is 0 Å². The molecule has 0 radical (unpaired) electrons. The van der Waals surface area contributed by atoms with Crippen molar-refractivity contribution in [1.82, 2.24) is 4.98 Å². The summed E-state index contributed by atoms with van der Waals surface area (Å²) in [6, 6.07) is 1.89. The summed E-state index contributed by atoms with van der Waals surface area (Å²) in [7, 11) is 1.74. The number of aryl methyl sites for hydroxylation is 1. The summed E-state index contributed by atoms with van der Waals surface area (Å²) >= 11 is 0. The Hall–Kier alpha value is -1.42. The van der Waals surface area contributed by atoms with E-state index in [0.29, 0.717) is 11.5 Å². The standard InChI is InChI=1S/C13H18N2O2/c1-10-5-12(8-16)6-14-13(10)15-4-3-11(7-15)9-17-2/h5-6,8,11H,3-4,7,9H2,1-2H3. The number of ether oxygens (including phenoxy) is 1. The Balaban J connectivity index is 2.10. The van der Waals surface area contributed by atoms with E-state index in [9.17, 15) is 4.79 Å². The van der Waals surface area contributed by atoms with Gasteiger partial charge >= 0.3 is 0 Å². The summed E-state index contributed by atoms with van der Waals surface area (Å²) < 4.78 is 5.18. The van der Waals surface area contributed by atoms with Gasteiger partial charge in [-0.1, -0.05) is 0 Å². The fourth-order valence-corrected chi connectivity index (χ4v) is 2.38. The Morgan fingerprint density at radius 1 is 1.65 bits per heavy atom. The van der Waals surface area contributed by atoms with E-state index < -0.39 is 0 Å². The molecule has 0 amide bonds. The van der Waals surface area contributed by atoms with Gasteiger partial charge < -0.3 is 9.64 Å². The second-order valence-electron chi connectivity index (χ2n) is 4.58. The number of aldehydes is 1. The molecule has 92 valence electrons. The maximum Gasteiger partial charge on any atom is 0.151 e. The fourth-order valence-electron chi connectivity index (χ4n) is 2.38. The number of rotatable bonds is 4. The van der Waals surface area contributed by atoms with Gasteiger partial charge in [0, 0.05) is 37.9 Å². The summed E-state index contributed by atoms with van der Waals surface area (Å²) in [5.41, 5.74) is 1.70. The van der Waals surface area contributed by atoms with Gasteiger partial charge in [0.25, 0.3) is 0 Å². The first-order chi connectivity index (χ1) is 8.24. The lowest BCUT2D eigenvalue weighted by molar-refractivity contribution is 0.112. The Bertz CT molecular complexity index is 406. The highest BCUT2D eigenvalue weighted by Crippen LogP contribution is 2.25. The van der Waals surface area contributed by atoms with Gasteiger partial charge in [0.1, 0.15) is 5.82 Å². The van der Waals surface area contributed by atoms with Crippen LogP contribution in [-0.2, 0) is 4.74 Å². The molecule has 0 aliphatic carbocycles. The second-order valence-corrected chi connectivity index (χ2v) is 4.58. The van der Waals surface area contributed by atoms with Crippen LogP contribution in [0.2, 0.25) is 0 Å². The molecule has 1 aliphatic rings. The number of anilines is 1.